The second-order valence-corrected chi connectivity index (χ2v) is 5.99. The third kappa shape index (κ3) is 4.54. The number of benzene rings is 1. The zero-order chi connectivity index (χ0) is 15.2. The number of hydrogen-bond donors (Lipinski definition) is 2. The lowest BCUT2D eigenvalue weighted by Crippen LogP contribution is -2.44. The van der Waals surface area contributed by atoms with E-state index in [1.807, 2.05) is 12.1 Å². The van der Waals surface area contributed by atoms with Gasteiger partial charge in [0.05, 0.1) is 11.5 Å². The van der Waals surface area contributed by atoms with Gasteiger partial charge in [-0.3, -0.25) is 20.4 Å². The minimum absolute atomic E-state index is 0.133. The van der Waals surface area contributed by atoms with Crippen molar-refractivity contribution in [3.8, 4) is 0 Å². The lowest BCUT2D eigenvalue weighted by molar-refractivity contribution is -0.121. The topological polar surface area (TPSA) is 71.3 Å². The quantitative estimate of drug-likeness (QED) is 0.670. The summed E-state index contributed by atoms with van der Waals surface area (Å²) in [6.45, 7) is 1.74. The molecule has 0 aliphatic heterocycles. The number of carbonyl (C=O) groups is 2. The van der Waals surface area contributed by atoms with Crippen molar-refractivity contribution in [2.75, 3.05) is 0 Å². The van der Waals surface area contributed by atoms with Crippen molar-refractivity contribution in [2.24, 2.45) is 0 Å². The van der Waals surface area contributed by atoms with Crippen LogP contribution in [0, 0.1) is 0 Å². The molecular formula is C14H13ClN2O3S. The third-order valence-electron chi connectivity index (χ3n) is 2.54. The van der Waals surface area contributed by atoms with Gasteiger partial charge in [0.25, 0.3) is 5.91 Å². The number of amides is 2. The predicted molar refractivity (Wildman–Crippen MR) is 81.1 cm³/mol. The summed E-state index contributed by atoms with van der Waals surface area (Å²) in [6, 6.07) is 10.3. The summed E-state index contributed by atoms with van der Waals surface area (Å²) >= 11 is 7.16. The average molecular weight is 325 g/mol. The molecule has 1 heterocycles. The summed E-state index contributed by atoms with van der Waals surface area (Å²) in [5.74, 6) is -0.680. The monoisotopic (exact) mass is 324 g/mol. The Kier molecular flexibility index (Phi) is 5.30. The van der Waals surface area contributed by atoms with Crippen LogP contribution in [0.15, 0.2) is 52.0 Å². The van der Waals surface area contributed by atoms with Crippen LogP contribution in [0.1, 0.15) is 17.5 Å². The molecule has 0 radical (unpaired) electrons. The Morgan fingerprint density at radius 2 is 1.90 bits per heavy atom. The van der Waals surface area contributed by atoms with Crippen molar-refractivity contribution in [2.45, 2.75) is 17.1 Å². The van der Waals surface area contributed by atoms with Gasteiger partial charge >= 0.3 is 5.91 Å². The predicted octanol–water partition coefficient (Wildman–Crippen LogP) is 2.87. The van der Waals surface area contributed by atoms with Gasteiger partial charge in [-0.1, -0.05) is 11.6 Å². The standard InChI is InChI=1S/C14H13ClN2O3S/c1-9(21-11-6-4-10(15)5-7-11)13(18)16-17-14(19)12-3-2-8-20-12/h2-9H,1H3,(H,16,18)(H,17,19)/t9-/m1/s1. The van der Waals surface area contributed by atoms with E-state index in [0.29, 0.717) is 5.02 Å². The van der Waals surface area contributed by atoms with Gasteiger partial charge in [0, 0.05) is 9.92 Å². The van der Waals surface area contributed by atoms with Gasteiger partial charge in [0.1, 0.15) is 0 Å². The number of rotatable bonds is 4. The minimum atomic E-state index is -0.503. The second kappa shape index (κ2) is 7.19. The maximum absolute atomic E-state index is 11.9. The van der Waals surface area contributed by atoms with Crippen molar-refractivity contribution < 1.29 is 14.0 Å². The summed E-state index contributed by atoms with van der Waals surface area (Å²) in [5, 5.41) is 0.269. The van der Waals surface area contributed by atoms with Crippen molar-refractivity contribution in [3.05, 3.63) is 53.4 Å². The maximum Gasteiger partial charge on any atom is 0.305 e. The van der Waals surface area contributed by atoms with Gasteiger partial charge in [-0.2, -0.15) is 0 Å². The summed E-state index contributed by atoms with van der Waals surface area (Å²) < 4.78 is 4.91. The maximum atomic E-state index is 11.9. The van der Waals surface area contributed by atoms with Crippen molar-refractivity contribution in [1.82, 2.24) is 10.9 Å². The molecule has 7 heteroatoms. The van der Waals surface area contributed by atoms with E-state index in [1.165, 1.54) is 24.1 Å². The molecule has 2 amide bonds. The van der Waals surface area contributed by atoms with E-state index < -0.39 is 5.91 Å². The molecule has 0 bridgehead atoms. The highest BCUT2D eigenvalue weighted by molar-refractivity contribution is 8.00. The first-order valence-electron chi connectivity index (χ1n) is 6.12. The van der Waals surface area contributed by atoms with Gasteiger partial charge in [0.2, 0.25) is 0 Å². The summed E-state index contributed by atoms with van der Waals surface area (Å²) in [6.07, 6.45) is 1.38. The number of hydrogen-bond acceptors (Lipinski definition) is 4. The second-order valence-electron chi connectivity index (χ2n) is 4.13. The molecule has 5 nitrogen and oxygen atoms in total. The molecule has 110 valence electrons. The van der Waals surface area contributed by atoms with E-state index in [0.717, 1.165) is 4.90 Å². The smallest absolute Gasteiger partial charge is 0.305 e. The molecule has 2 N–H and O–H groups in total. The van der Waals surface area contributed by atoms with Crippen LogP contribution >= 0.6 is 23.4 Å². The number of nitrogens with one attached hydrogen (secondary N) is 2. The van der Waals surface area contributed by atoms with E-state index in [2.05, 4.69) is 10.9 Å². The van der Waals surface area contributed by atoms with Gasteiger partial charge in [-0.15, -0.1) is 11.8 Å². The molecule has 2 rings (SSSR count). The molecule has 0 aliphatic rings. The highest BCUT2D eigenvalue weighted by Gasteiger charge is 2.16. The fourth-order valence-corrected chi connectivity index (χ4v) is 2.45. The molecule has 21 heavy (non-hydrogen) atoms. The molecule has 0 fully saturated rings. The van der Waals surface area contributed by atoms with E-state index in [9.17, 15) is 9.59 Å². The summed E-state index contributed by atoms with van der Waals surface area (Å²) in [4.78, 5) is 24.4. The molecular weight excluding hydrogens is 312 g/mol. The van der Waals surface area contributed by atoms with Crippen LogP contribution in [0.3, 0.4) is 0 Å². The van der Waals surface area contributed by atoms with Gasteiger partial charge in [-0.25, -0.2) is 0 Å². The van der Waals surface area contributed by atoms with Crippen LogP contribution in [0.25, 0.3) is 0 Å². The molecule has 0 saturated carbocycles. The van der Waals surface area contributed by atoms with Crippen molar-refractivity contribution >= 4 is 35.2 Å². The van der Waals surface area contributed by atoms with Crippen LogP contribution in [0.2, 0.25) is 5.02 Å². The Labute approximate surface area is 131 Å². The Balaban J connectivity index is 1.82. The molecule has 0 spiro atoms. The molecule has 2 aromatic rings. The average Bonchev–Trinajstić information content (AvgIpc) is 3.01. The Bertz CT molecular complexity index is 614. The van der Waals surface area contributed by atoms with E-state index in [-0.39, 0.29) is 16.9 Å². The lowest BCUT2D eigenvalue weighted by atomic mass is 10.4. The minimum Gasteiger partial charge on any atom is -0.459 e. The van der Waals surface area contributed by atoms with Crippen LogP contribution in [0.4, 0.5) is 0 Å². The number of hydrazine groups is 1. The number of thioether (sulfide) groups is 1. The molecule has 1 atom stereocenters. The van der Waals surface area contributed by atoms with E-state index in [1.54, 1.807) is 25.1 Å². The molecule has 1 aromatic heterocycles. The van der Waals surface area contributed by atoms with Crippen LogP contribution < -0.4 is 10.9 Å². The normalized spacial score (nSPS) is 11.7. The third-order valence-corrected chi connectivity index (χ3v) is 3.90. The fourth-order valence-electron chi connectivity index (χ4n) is 1.46. The Morgan fingerprint density at radius 1 is 1.19 bits per heavy atom. The van der Waals surface area contributed by atoms with Crippen LogP contribution in [-0.2, 0) is 4.79 Å². The van der Waals surface area contributed by atoms with Crippen LogP contribution in [0.5, 0.6) is 0 Å². The van der Waals surface area contributed by atoms with Crippen molar-refractivity contribution in [1.29, 1.82) is 0 Å². The summed E-state index contributed by atoms with van der Waals surface area (Å²) in [5.41, 5.74) is 4.65. The SMILES string of the molecule is C[C@@H](Sc1ccc(Cl)cc1)C(=O)NNC(=O)c1ccco1. The first-order chi connectivity index (χ1) is 10.1. The largest absolute Gasteiger partial charge is 0.459 e. The van der Waals surface area contributed by atoms with Crippen LogP contribution in [-0.4, -0.2) is 17.1 Å². The van der Waals surface area contributed by atoms with E-state index >= 15 is 0 Å². The molecule has 1 aromatic carbocycles. The van der Waals surface area contributed by atoms with Gasteiger partial charge in [0.15, 0.2) is 5.76 Å². The molecule has 0 aliphatic carbocycles. The lowest BCUT2D eigenvalue weighted by Gasteiger charge is -2.12. The highest BCUT2D eigenvalue weighted by atomic mass is 35.5. The Morgan fingerprint density at radius 3 is 2.52 bits per heavy atom. The number of furan rings is 1. The molecule has 0 unspecified atom stereocenters. The number of halogens is 1. The molecule has 0 saturated heterocycles. The first-order valence-corrected chi connectivity index (χ1v) is 7.38. The highest BCUT2D eigenvalue weighted by Crippen LogP contribution is 2.24. The first kappa shape index (κ1) is 15.5. The van der Waals surface area contributed by atoms with Gasteiger partial charge < -0.3 is 4.42 Å². The zero-order valence-electron chi connectivity index (χ0n) is 11.1. The zero-order valence-corrected chi connectivity index (χ0v) is 12.7. The van der Waals surface area contributed by atoms with Crippen molar-refractivity contribution in [3.63, 3.8) is 0 Å². The fraction of sp³-hybridized carbons (Fsp3) is 0.143. The Hall–Kier alpha value is -1.92. The van der Waals surface area contributed by atoms with E-state index in [4.69, 9.17) is 16.0 Å². The van der Waals surface area contributed by atoms with Gasteiger partial charge in [-0.05, 0) is 43.3 Å². The summed E-state index contributed by atoms with van der Waals surface area (Å²) in [7, 11) is 0. The number of carbonyl (C=O) groups excluding carboxylic acids is 2.